The van der Waals surface area contributed by atoms with Crippen molar-refractivity contribution in [2.45, 2.75) is 17.7 Å². The summed E-state index contributed by atoms with van der Waals surface area (Å²) in [6.07, 6.45) is 2.78. The van der Waals surface area contributed by atoms with Crippen LogP contribution in [0.25, 0.3) is 10.9 Å². The van der Waals surface area contributed by atoms with Crippen molar-refractivity contribution in [2.75, 3.05) is 5.32 Å². The number of nitrogens with two attached hydrogens (primary N) is 1. The van der Waals surface area contributed by atoms with Gasteiger partial charge < -0.3 is 10.3 Å². The number of benzene rings is 2. The van der Waals surface area contributed by atoms with E-state index >= 15 is 0 Å². The van der Waals surface area contributed by atoms with Crippen LogP contribution >= 0.6 is 0 Å². The summed E-state index contributed by atoms with van der Waals surface area (Å²) in [7, 11) is -3.79. The molecule has 0 unspecified atom stereocenters. The second-order valence-corrected chi connectivity index (χ2v) is 7.04. The first-order valence-corrected chi connectivity index (χ1v) is 8.96. The lowest BCUT2D eigenvalue weighted by molar-refractivity contribution is -0.116. The van der Waals surface area contributed by atoms with Gasteiger partial charge in [-0.1, -0.05) is 24.3 Å². The molecule has 0 radical (unpaired) electrons. The van der Waals surface area contributed by atoms with Crippen molar-refractivity contribution in [1.29, 1.82) is 0 Å². The minimum atomic E-state index is -3.79. The zero-order valence-corrected chi connectivity index (χ0v) is 13.6. The molecule has 1 heterocycles. The fourth-order valence-corrected chi connectivity index (χ4v) is 3.12. The maximum atomic E-state index is 12.1. The Morgan fingerprint density at radius 2 is 1.92 bits per heavy atom. The summed E-state index contributed by atoms with van der Waals surface area (Å²) in [5, 5.41) is 8.88. The number of aromatic amines is 1. The third kappa shape index (κ3) is 3.64. The van der Waals surface area contributed by atoms with E-state index in [-0.39, 0.29) is 10.8 Å². The number of carbonyl (C=O) groups is 1. The number of amides is 1. The molecule has 0 atom stereocenters. The number of primary sulfonamides is 1. The number of hydrogen-bond acceptors (Lipinski definition) is 3. The summed E-state index contributed by atoms with van der Waals surface area (Å²) in [5.41, 5.74) is 2.51. The van der Waals surface area contributed by atoms with Crippen LogP contribution in [0.2, 0.25) is 0 Å². The van der Waals surface area contributed by atoms with Crippen LogP contribution in [0.15, 0.2) is 59.6 Å². The SMILES string of the molecule is NS(=O)(=O)c1cccc(NC(=O)CCc2c[nH]c3ccccc23)c1. The first-order chi connectivity index (χ1) is 11.4. The van der Waals surface area contributed by atoms with Gasteiger partial charge in [0.15, 0.2) is 0 Å². The molecule has 7 heteroatoms. The second kappa shape index (κ2) is 6.46. The molecule has 1 amide bonds. The molecule has 3 rings (SSSR count). The topological polar surface area (TPSA) is 105 Å². The monoisotopic (exact) mass is 343 g/mol. The Kier molecular flexibility index (Phi) is 4.37. The van der Waals surface area contributed by atoms with Gasteiger partial charge in [-0.25, -0.2) is 13.6 Å². The number of anilines is 1. The first-order valence-electron chi connectivity index (χ1n) is 7.41. The molecule has 0 bridgehead atoms. The molecule has 2 aromatic carbocycles. The highest BCUT2D eigenvalue weighted by Gasteiger charge is 2.10. The summed E-state index contributed by atoms with van der Waals surface area (Å²) in [5.74, 6) is -0.188. The highest BCUT2D eigenvalue weighted by Crippen LogP contribution is 2.19. The molecule has 0 aliphatic carbocycles. The van der Waals surface area contributed by atoms with Crippen LogP contribution in [-0.4, -0.2) is 19.3 Å². The lowest BCUT2D eigenvalue weighted by Gasteiger charge is -2.06. The lowest BCUT2D eigenvalue weighted by Crippen LogP contribution is -2.15. The molecule has 124 valence electrons. The standard InChI is InChI=1S/C17H17N3O3S/c18-24(22,23)14-5-3-4-13(10-14)20-17(21)9-8-12-11-19-16-7-2-1-6-15(12)16/h1-7,10-11,19H,8-9H2,(H,20,21)(H2,18,22,23). The van der Waals surface area contributed by atoms with E-state index in [1.807, 2.05) is 30.5 Å². The van der Waals surface area contributed by atoms with Crippen molar-refractivity contribution >= 4 is 32.5 Å². The maximum Gasteiger partial charge on any atom is 0.238 e. The van der Waals surface area contributed by atoms with E-state index in [2.05, 4.69) is 10.3 Å². The van der Waals surface area contributed by atoms with E-state index in [9.17, 15) is 13.2 Å². The van der Waals surface area contributed by atoms with Crippen molar-refractivity contribution < 1.29 is 13.2 Å². The van der Waals surface area contributed by atoms with Crippen molar-refractivity contribution in [3.05, 3.63) is 60.3 Å². The summed E-state index contributed by atoms with van der Waals surface area (Å²) in [4.78, 5) is 15.2. The van der Waals surface area contributed by atoms with Crippen LogP contribution in [0.4, 0.5) is 5.69 Å². The minimum Gasteiger partial charge on any atom is -0.361 e. The smallest absolute Gasteiger partial charge is 0.238 e. The molecule has 0 spiro atoms. The van der Waals surface area contributed by atoms with Gasteiger partial charge in [0.05, 0.1) is 4.90 Å². The van der Waals surface area contributed by atoms with Gasteiger partial charge in [0, 0.05) is 29.2 Å². The fraction of sp³-hybridized carbons (Fsp3) is 0.118. The van der Waals surface area contributed by atoms with Crippen molar-refractivity contribution in [3.8, 4) is 0 Å². The number of sulfonamides is 1. The molecule has 4 N–H and O–H groups in total. The number of nitrogens with one attached hydrogen (secondary N) is 2. The third-order valence-electron chi connectivity index (χ3n) is 3.74. The van der Waals surface area contributed by atoms with Crippen molar-refractivity contribution in [1.82, 2.24) is 4.98 Å². The molecule has 6 nitrogen and oxygen atoms in total. The number of H-pyrrole nitrogens is 1. The lowest BCUT2D eigenvalue weighted by atomic mass is 10.1. The van der Waals surface area contributed by atoms with Gasteiger partial charge in [0.1, 0.15) is 0 Å². The van der Waals surface area contributed by atoms with Crippen LogP contribution in [-0.2, 0) is 21.2 Å². The normalized spacial score (nSPS) is 11.5. The van der Waals surface area contributed by atoms with E-state index in [1.54, 1.807) is 6.07 Å². The number of aryl methyl sites for hydroxylation is 1. The first kappa shape index (κ1) is 16.2. The van der Waals surface area contributed by atoms with Gasteiger partial charge in [-0.15, -0.1) is 0 Å². The highest BCUT2D eigenvalue weighted by molar-refractivity contribution is 7.89. The summed E-state index contributed by atoms with van der Waals surface area (Å²) < 4.78 is 22.7. The molecule has 0 aliphatic heterocycles. The zero-order chi connectivity index (χ0) is 17.2. The van der Waals surface area contributed by atoms with Crippen molar-refractivity contribution in [3.63, 3.8) is 0 Å². The zero-order valence-electron chi connectivity index (χ0n) is 12.8. The van der Waals surface area contributed by atoms with Crippen LogP contribution < -0.4 is 10.5 Å². The second-order valence-electron chi connectivity index (χ2n) is 5.48. The Balaban J connectivity index is 1.66. The minimum absolute atomic E-state index is 0.0306. The Labute approximate surface area is 139 Å². The molecule has 0 fully saturated rings. The predicted octanol–water partition coefficient (Wildman–Crippen LogP) is 2.39. The maximum absolute atomic E-state index is 12.1. The molecule has 24 heavy (non-hydrogen) atoms. The van der Waals surface area contributed by atoms with Gasteiger partial charge in [-0.3, -0.25) is 4.79 Å². The van der Waals surface area contributed by atoms with Gasteiger partial charge in [0.2, 0.25) is 15.9 Å². The van der Waals surface area contributed by atoms with E-state index in [4.69, 9.17) is 5.14 Å². The van der Waals surface area contributed by atoms with Crippen LogP contribution in [0, 0.1) is 0 Å². The van der Waals surface area contributed by atoms with Gasteiger partial charge in [-0.05, 0) is 36.2 Å². The molecular weight excluding hydrogens is 326 g/mol. The highest BCUT2D eigenvalue weighted by atomic mass is 32.2. The number of carbonyl (C=O) groups excluding carboxylic acids is 1. The summed E-state index contributed by atoms with van der Waals surface area (Å²) in [6, 6.07) is 13.8. The van der Waals surface area contributed by atoms with E-state index < -0.39 is 10.0 Å². The van der Waals surface area contributed by atoms with E-state index in [0.717, 1.165) is 16.5 Å². The van der Waals surface area contributed by atoms with Crippen molar-refractivity contribution in [2.24, 2.45) is 5.14 Å². The Morgan fingerprint density at radius 3 is 2.71 bits per heavy atom. The number of hydrogen-bond donors (Lipinski definition) is 3. The summed E-state index contributed by atoms with van der Waals surface area (Å²) in [6.45, 7) is 0. The Morgan fingerprint density at radius 1 is 1.12 bits per heavy atom. The van der Waals surface area contributed by atoms with Gasteiger partial charge in [-0.2, -0.15) is 0 Å². The van der Waals surface area contributed by atoms with E-state index in [0.29, 0.717) is 18.5 Å². The molecule has 0 saturated carbocycles. The fourth-order valence-electron chi connectivity index (χ4n) is 2.56. The average molecular weight is 343 g/mol. The van der Waals surface area contributed by atoms with Crippen LogP contribution in [0.3, 0.4) is 0 Å². The molecule has 0 aliphatic rings. The molecular formula is C17H17N3O3S. The number of aromatic nitrogens is 1. The Hall–Kier alpha value is -2.64. The van der Waals surface area contributed by atoms with Crippen LogP contribution in [0.1, 0.15) is 12.0 Å². The molecule has 0 saturated heterocycles. The number of para-hydroxylation sites is 1. The van der Waals surface area contributed by atoms with E-state index in [1.165, 1.54) is 18.2 Å². The largest absolute Gasteiger partial charge is 0.361 e. The summed E-state index contributed by atoms with van der Waals surface area (Å²) >= 11 is 0. The van der Waals surface area contributed by atoms with Crippen LogP contribution in [0.5, 0.6) is 0 Å². The third-order valence-corrected chi connectivity index (χ3v) is 4.65. The number of rotatable bonds is 5. The van der Waals surface area contributed by atoms with Gasteiger partial charge >= 0.3 is 0 Å². The Bertz CT molecular complexity index is 993. The quantitative estimate of drug-likeness (QED) is 0.662. The predicted molar refractivity (Wildman–Crippen MR) is 93.1 cm³/mol. The molecule has 3 aromatic rings. The molecule has 1 aromatic heterocycles. The average Bonchev–Trinajstić information content (AvgIpc) is 2.96. The number of fused-ring (bicyclic) bond motifs is 1. The van der Waals surface area contributed by atoms with Gasteiger partial charge in [0.25, 0.3) is 0 Å².